The van der Waals surface area contributed by atoms with Gasteiger partial charge in [-0.2, -0.15) is 5.10 Å². The lowest BCUT2D eigenvalue weighted by Gasteiger charge is -2.03. The van der Waals surface area contributed by atoms with E-state index in [4.69, 9.17) is 16.7 Å². The summed E-state index contributed by atoms with van der Waals surface area (Å²) in [6.45, 7) is 0. The molecule has 96 valence electrons. The third-order valence-electron chi connectivity index (χ3n) is 3.30. The van der Waals surface area contributed by atoms with E-state index in [-0.39, 0.29) is 5.78 Å². The predicted octanol–water partition coefficient (Wildman–Crippen LogP) is 2.19. The summed E-state index contributed by atoms with van der Waals surface area (Å²) in [6, 6.07) is 4.92. The lowest BCUT2D eigenvalue weighted by Crippen LogP contribution is -2.08. The second-order valence-electron chi connectivity index (χ2n) is 4.58. The fraction of sp³-hybridized carbons (Fsp3) is 0.231. The summed E-state index contributed by atoms with van der Waals surface area (Å²) in [5, 5.41) is 17.5. The van der Waals surface area contributed by atoms with Crippen LogP contribution in [0.5, 0.6) is 0 Å². The Bertz CT molecular complexity index is 701. The minimum atomic E-state index is -0.920. The van der Waals surface area contributed by atoms with Gasteiger partial charge in [0.1, 0.15) is 5.52 Å². The van der Waals surface area contributed by atoms with Crippen LogP contribution in [-0.4, -0.2) is 27.1 Å². The average Bonchev–Trinajstić information content (AvgIpc) is 3.18. The number of carboxylic acid groups (broad SMARTS) is 1. The monoisotopic (exact) mass is 276 g/mol. The maximum atomic E-state index is 12.2. The van der Waals surface area contributed by atoms with Crippen LogP contribution in [0.25, 0.3) is 10.9 Å². The van der Waals surface area contributed by atoms with Gasteiger partial charge >= 0.3 is 5.97 Å². The van der Waals surface area contributed by atoms with Crippen molar-refractivity contribution >= 4 is 34.3 Å². The molecular formula is C13H9ClN2O3. The Balaban J connectivity index is 1.98. The van der Waals surface area contributed by atoms with Gasteiger partial charge in [-0.25, -0.2) is 0 Å². The molecule has 2 unspecified atom stereocenters. The first-order valence-electron chi connectivity index (χ1n) is 5.76. The number of hydrogen-bond donors (Lipinski definition) is 1. The molecule has 1 aliphatic carbocycles. The Hall–Kier alpha value is -2.01. The smallest absolute Gasteiger partial charge is 0.307 e. The average molecular weight is 277 g/mol. The molecule has 2 aromatic rings. The number of hydrogen-bond acceptors (Lipinski definition) is 4. The highest BCUT2D eigenvalue weighted by Gasteiger charge is 2.48. The predicted molar refractivity (Wildman–Crippen MR) is 68.1 cm³/mol. The largest absolute Gasteiger partial charge is 0.481 e. The molecule has 1 aromatic carbocycles. The summed E-state index contributed by atoms with van der Waals surface area (Å²) in [5.74, 6) is -2.08. The van der Waals surface area contributed by atoms with Gasteiger partial charge in [-0.15, -0.1) is 5.10 Å². The third kappa shape index (κ3) is 2.06. The SMILES string of the molecule is O=C(O)C1CC1C(=O)c1cc(Cl)c2nnccc2c1. The number of Topliss-reactive ketones (excluding diaryl/α,β-unsaturated/α-hetero) is 1. The van der Waals surface area contributed by atoms with Crippen LogP contribution in [0.1, 0.15) is 16.8 Å². The zero-order valence-electron chi connectivity index (χ0n) is 9.71. The van der Waals surface area contributed by atoms with Crippen molar-refractivity contribution in [3.05, 3.63) is 35.0 Å². The van der Waals surface area contributed by atoms with E-state index in [1.54, 1.807) is 12.1 Å². The summed E-state index contributed by atoms with van der Waals surface area (Å²) in [7, 11) is 0. The molecule has 0 radical (unpaired) electrons. The lowest BCUT2D eigenvalue weighted by molar-refractivity contribution is -0.138. The highest BCUT2D eigenvalue weighted by Crippen LogP contribution is 2.41. The topological polar surface area (TPSA) is 80.1 Å². The second-order valence-corrected chi connectivity index (χ2v) is 4.99. The summed E-state index contributed by atoms with van der Waals surface area (Å²) in [5.41, 5.74) is 0.963. The number of rotatable bonds is 3. The van der Waals surface area contributed by atoms with Gasteiger partial charge in [0.15, 0.2) is 5.78 Å². The van der Waals surface area contributed by atoms with Crippen LogP contribution in [0, 0.1) is 11.8 Å². The molecule has 1 heterocycles. The normalized spacial score (nSPS) is 21.3. The van der Waals surface area contributed by atoms with Crippen molar-refractivity contribution in [2.75, 3.05) is 0 Å². The quantitative estimate of drug-likeness (QED) is 0.869. The van der Waals surface area contributed by atoms with E-state index in [0.717, 1.165) is 5.39 Å². The Kier molecular flexibility index (Phi) is 2.71. The number of ketones is 1. The molecule has 3 rings (SSSR count). The van der Waals surface area contributed by atoms with Crippen LogP contribution >= 0.6 is 11.6 Å². The number of carbonyl (C=O) groups excluding carboxylic acids is 1. The minimum absolute atomic E-state index is 0.173. The molecule has 1 saturated carbocycles. The fourth-order valence-electron chi connectivity index (χ4n) is 2.17. The van der Waals surface area contributed by atoms with Gasteiger partial charge in [0, 0.05) is 16.9 Å². The number of fused-ring (bicyclic) bond motifs is 1. The molecule has 0 aliphatic heterocycles. The molecule has 0 bridgehead atoms. The van der Waals surface area contributed by atoms with Crippen LogP contribution in [0.4, 0.5) is 0 Å². The molecule has 1 fully saturated rings. The van der Waals surface area contributed by atoms with E-state index in [2.05, 4.69) is 10.2 Å². The molecule has 5 nitrogen and oxygen atoms in total. The first-order chi connectivity index (χ1) is 9.08. The third-order valence-corrected chi connectivity index (χ3v) is 3.59. The van der Waals surface area contributed by atoms with E-state index in [9.17, 15) is 9.59 Å². The van der Waals surface area contributed by atoms with Gasteiger partial charge in [-0.1, -0.05) is 11.6 Å². The summed E-state index contributed by atoms with van der Waals surface area (Å²) < 4.78 is 0. The number of halogens is 1. The molecule has 1 aliphatic rings. The Morgan fingerprint density at radius 2 is 2.11 bits per heavy atom. The Morgan fingerprint density at radius 1 is 1.32 bits per heavy atom. The van der Waals surface area contributed by atoms with Crippen molar-refractivity contribution in [3.8, 4) is 0 Å². The van der Waals surface area contributed by atoms with Gasteiger partial charge in [0.2, 0.25) is 0 Å². The highest BCUT2D eigenvalue weighted by molar-refractivity contribution is 6.35. The molecule has 0 spiro atoms. The van der Waals surface area contributed by atoms with Crippen LogP contribution in [0.2, 0.25) is 5.02 Å². The van der Waals surface area contributed by atoms with Crippen molar-refractivity contribution in [3.63, 3.8) is 0 Å². The number of aliphatic carboxylic acids is 1. The summed E-state index contributed by atoms with van der Waals surface area (Å²) in [6.07, 6.45) is 1.92. The van der Waals surface area contributed by atoms with E-state index < -0.39 is 17.8 Å². The molecule has 0 amide bonds. The van der Waals surface area contributed by atoms with Gasteiger partial charge in [0.05, 0.1) is 17.1 Å². The van der Waals surface area contributed by atoms with E-state index in [1.807, 2.05) is 0 Å². The maximum absolute atomic E-state index is 12.2. The van der Waals surface area contributed by atoms with Crippen molar-refractivity contribution in [2.45, 2.75) is 6.42 Å². The zero-order valence-corrected chi connectivity index (χ0v) is 10.5. The van der Waals surface area contributed by atoms with Crippen molar-refractivity contribution in [1.82, 2.24) is 10.2 Å². The number of benzene rings is 1. The Labute approximate surface area is 113 Å². The second kappa shape index (κ2) is 4.28. The first kappa shape index (κ1) is 12.0. The van der Waals surface area contributed by atoms with Gasteiger partial charge in [-0.05, 0) is 24.6 Å². The minimum Gasteiger partial charge on any atom is -0.481 e. The van der Waals surface area contributed by atoms with Crippen LogP contribution in [-0.2, 0) is 4.79 Å². The summed E-state index contributed by atoms with van der Waals surface area (Å²) in [4.78, 5) is 23.0. The van der Waals surface area contributed by atoms with E-state index in [1.165, 1.54) is 12.3 Å². The molecule has 19 heavy (non-hydrogen) atoms. The van der Waals surface area contributed by atoms with E-state index in [0.29, 0.717) is 22.5 Å². The Morgan fingerprint density at radius 3 is 2.79 bits per heavy atom. The molecule has 0 saturated heterocycles. The molecule has 1 N–H and O–H groups in total. The maximum Gasteiger partial charge on any atom is 0.307 e. The number of carboxylic acids is 1. The number of nitrogens with zero attached hydrogens (tertiary/aromatic N) is 2. The molecular weight excluding hydrogens is 268 g/mol. The van der Waals surface area contributed by atoms with E-state index >= 15 is 0 Å². The van der Waals surface area contributed by atoms with Crippen LogP contribution in [0.3, 0.4) is 0 Å². The van der Waals surface area contributed by atoms with Crippen molar-refractivity contribution < 1.29 is 14.7 Å². The highest BCUT2D eigenvalue weighted by atomic mass is 35.5. The van der Waals surface area contributed by atoms with Gasteiger partial charge in [0.25, 0.3) is 0 Å². The number of carbonyl (C=O) groups is 2. The molecule has 1 aromatic heterocycles. The first-order valence-corrected chi connectivity index (χ1v) is 6.13. The standard InChI is InChI=1S/C13H9ClN2O3/c14-10-4-7(3-6-1-2-15-16-11(6)10)12(17)8-5-9(8)13(18)19/h1-4,8-9H,5H2,(H,18,19). The summed E-state index contributed by atoms with van der Waals surface area (Å²) >= 11 is 6.06. The molecule has 2 atom stereocenters. The van der Waals surface area contributed by atoms with Gasteiger partial charge in [-0.3, -0.25) is 9.59 Å². The lowest BCUT2D eigenvalue weighted by atomic mass is 10.0. The van der Waals surface area contributed by atoms with Crippen LogP contribution < -0.4 is 0 Å². The molecule has 6 heteroatoms. The van der Waals surface area contributed by atoms with Crippen molar-refractivity contribution in [2.24, 2.45) is 11.8 Å². The van der Waals surface area contributed by atoms with Crippen molar-refractivity contribution in [1.29, 1.82) is 0 Å². The van der Waals surface area contributed by atoms with Gasteiger partial charge < -0.3 is 5.11 Å². The van der Waals surface area contributed by atoms with Crippen LogP contribution in [0.15, 0.2) is 24.4 Å². The number of aromatic nitrogens is 2. The zero-order chi connectivity index (χ0) is 13.6. The fourth-order valence-corrected chi connectivity index (χ4v) is 2.44.